The molecule has 2 heterocycles. The van der Waals surface area contributed by atoms with Crippen molar-refractivity contribution in [1.82, 2.24) is 19.7 Å². The minimum absolute atomic E-state index is 0.229. The molecule has 0 spiro atoms. The second-order valence-electron chi connectivity index (χ2n) is 7.18. The largest absolute Gasteiger partial charge is 0.507 e. The fourth-order valence-corrected chi connectivity index (χ4v) is 3.60. The van der Waals surface area contributed by atoms with E-state index in [9.17, 15) is 5.11 Å². The van der Waals surface area contributed by atoms with Crippen molar-refractivity contribution < 1.29 is 5.11 Å². The third-order valence-electron chi connectivity index (χ3n) is 5.13. The number of aromatic hydroxyl groups is 1. The van der Waals surface area contributed by atoms with Crippen LogP contribution in [0.3, 0.4) is 0 Å². The molecule has 0 unspecified atom stereocenters. The quantitative estimate of drug-likeness (QED) is 0.699. The molecule has 2 aromatic carbocycles. The fraction of sp³-hybridized carbons (Fsp3) is 0.304. The minimum Gasteiger partial charge on any atom is -0.507 e. The Balaban J connectivity index is 1.59. The first-order valence-corrected chi connectivity index (χ1v) is 9.98. The number of piperidine rings is 1. The number of phenols is 1. The molecule has 1 aliphatic rings. The molecule has 0 amide bonds. The molecule has 5 nitrogen and oxygen atoms in total. The van der Waals surface area contributed by atoms with E-state index in [2.05, 4.69) is 4.90 Å². The number of nitrogens with zero attached hydrogens (tertiary/aromatic N) is 4. The summed E-state index contributed by atoms with van der Waals surface area (Å²) in [6, 6.07) is 17.4. The summed E-state index contributed by atoms with van der Waals surface area (Å²) in [6.07, 6.45) is 7.82. The van der Waals surface area contributed by atoms with Crippen molar-refractivity contribution in [3.05, 3.63) is 66.0 Å². The van der Waals surface area contributed by atoms with Crippen molar-refractivity contribution in [3.8, 4) is 17.1 Å². The predicted molar refractivity (Wildman–Crippen MR) is 113 cm³/mol. The molecule has 1 saturated heterocycles. The van der Waals surface area contributed by atoms with Crippen molar-refractivity contribution in [2.45, 2.75) is 25.8 Å². The van der Waals surface area contributed by atoms with Crippen LogP contribution in [0.2, 0.25) is 0 Å². The molecule has 1 fully saturated rings. The van der Waals surface area contributed by atoms with E-state index >= 15 is 0 Å². The Kier molecular flexibility index (Phi) is 5.83. The summed E-state index contributed by atoms with van der Waals surface area (Å²) in [5.41, 5.74) is 1.82. The van der Waals surface area contributed by atoms with Crippen LogP contribution in [-0.2, 0) is 6.54 Å². The molecule has 0 bridgehead atoms. The summed E-state index contributed by atoms with van der Waals surface area (Å²) in [7, 11) is 0. The molecule has 0 atom stereocenters. The molecular weight excluding hydrogens is 348 g/mol. The van der Waals surface area contributed by atoms with Crippen LogP contribution >= 0.6 is 0 Å². The Morgan fingerprint density at radius 3 is 2.39 bits per heavy atom. The first-order chi connectivity index (χ1) is 13.8. The van der Waals surface area contributed by atoms with Crippen LogP contribution in [0.4, 0.5) is 0 Å². The lowest BCUT2D eigenvalue weighted by molar-refractivity contribution is 0.218. The Morgan fingerprint density at radius 1 is 0.857 bits per heavy atom. The second-order valence-corrected chi connectivity index (χ2v) is 7.18. The normalized spacial score (nSPS) is 15.3. The Bertz CT molecular complexity index is 927. The van der Waals surface area contributed by atoms with Gasteiger partial charge >= 0.3 is 0 Å². The Hall–Kier alpha value is -2.92. The lowest BCUT2D eigenvalue weighted by Gasteiger charge is -2.26. The van der Waals surface area contributed by atoms with Crippen molar-refractivity contribution in [2.24, 2.45) is 0 Å². The fourth-order valence-electron chi connectivity index (χ4n) is 3.60. The maximum Gasteiger partial charge on any atom is 0.174 e. The Morgan fingerprint density at radius 2 is 1.61 bits per heavy atom. The average Bonchev–Trinajstić information content (AvgIpc) is 3.15. The minimum atomic E-state index is 0.229. The first kappa shape index (κ1) is 18.4. The summed E-state index contributed by atoms with van der Waals surface area (Å²) in [5.74, 6) is 1.59. The van der Waals surface area contributed by atoms with Gasteiger partial charge in [-0.3, -0.25) is 0 Å². The van der Waals surface area contributed by atoms with E-state index in [0.717, 1.165) is 31.7 Å². The molecule has 0 aliphatic carbocycles. The number of aromatic nitrogens is 3. The van der Waals surface area contributed by atoms with Crippen molar-refractivity contribution in [1.29, 1.82) is 0 Å². The van der Waals surface area contributed by atoms with Gasteiger partial charge in [0.2, 0.25) is 0 Å². The molecular formula is C23H26N4O. The number of para-hydroxylation sites is 1. The van der Waals surface area contributed by atoms with Gasteiger partial charge in [0.05, 0.1) is 12.1 Å². The number of hydrogen-bond acceptors (Lipinski definition) is 4. The number of benzene rings is 2. The molecule has 4 rings (SSSR count). The van der Waals surface area contributed by atoms with Gasteiger partial charge in [0.1, 0.15) is 5.75 Å². The van der Waals surface area contributed by atoms with Crippen LogP contribution in [0.5, 0.6) is 5.75 Å². The van der Waals surface area contributed by atoms with Crippen molar-refractivity contribution in [3.63, 3.8) is 0 Å². The molecule has 1 aliphatic heterocycles. The molecule has 1 aromatic heterocycles. The van der Waals surface area contributed by atoms with E-state index in [4.69, 9.17) is 10.1 Å². The van der Waals surface area contributed by atoms with Gasteiger partial charge in [0, 0.05) is 6.54 Å². The van der Waals surface area contributed by atoms with Crippen LogP contribution in [-0.4, -0.2) is 44.4 Å². The van der Waals surface area contributed by atoms with E-state index in [-0.39, 0.29) is 5.75 Å². The topological polar surface area (TPSA) is 54.2 Å². The van der Waals surface area contributed by atoms with Gasteiger partial charge in [-0.2, -0.15) is 5.10 Å². The van der Waals surface area contributed by atoms with Crippen LogP contribution in [0.25, 0.3) is 23.5 Å². The number of rotatable bonds is 6. The smallest absolute Gasteiger partial charge is 0.174 e. The van der Waals surface area contributed by atoms with Crippen LogP contribution in [0.1, 0.15) is 30.7 Å². The predicted octanol–water partition coefficient (Wildman–Crippen LogP) is 4.31. The zero-order valence-corrected chi connectivity index (χ0v) is 16.0. The summed E-state index contributed by atoms with van der Waals surface area (Å²) < 4.78 is 1.92. The van der Waals surface area contributed by atoms with E-state index in [1.807, 2.05) is 65.4 Å². The van der Waals surface area contributed by atoms with Crippen molar-refractivity contribution in [2.75, 3.05) is 19.6 Å². The van der Waals surface area contributed by atoms with E-state index in [1.54, 1.807) is 6.07 Å². The Labute approximate surface area is 166 Å². The average molecular weight is 374 g/mol. The number of phenolic OH excluding ortho intramolecular Hbond substituents is 1. The lowest BCUT2D eigenvalue weighted by atomic mass is 10.1. The van der Waals surface area contributed by atoms with Gasteiger partial charge < -0.3 is 10.0 Å². The standard InChI is InChI=1S/C23H26N4O/c28-21-12-6-5-11-20(21)23-24-22(14-13-19-9-3-1-4-10-19)25-27(23)18-17-26-15-7-2-8-16-26/h1,3-6,9-14,28H,2,7-8,15-18H2. The molecule has 144 valence electrons. The molecule has 28 heavy (non-hydrogen) atoms. The molecule has 0 radical (unpaired) electrons. The zero-order valence-electron chi connectivity index (χ0n) is 16.0. The molecule has 1 N–H and O–H groups in total. The molecule has 3 aromatic rings. The lowest BCUT2D eigenvalue weighted by Crippen LogP contribution is -2.32. The van der Waals surface area contributed by atoms with Crippen LogP contribution < -0.4 is 0 Å². The molecule has 0 saturated carbocycles. The van der Waals surface area contributed by atoms with E-state index in [1.165, 1.54) is 19.3 Å². The van der Waals surface area contributed by atoms with Gasteiger partial charge in [0.25, 0.3) is 0 Å². The van der Waals surface area contributed by atoms with Gasteiger partial charge in [0.15, 0.2) is 11.6 Å². The van der Waals surface area contributed by atoms with Crippen LogP contribution in [0.15, 0.2) is 54.6 Å². The zero-order chi connectivity index (χ0) is 19.2. The van der Waals surface area contributed by atoms with Gasteiger partial charge in [-0.05, 0) is 49.7 Å². The highest BCUT2D eigenvalue weighted by molar-refractivity contribution is 5.69. The second kappa shape index (κ2) is 8.85. The highest BCUT2D eigenvalue weighted by Gasteiger charge is 2.16. The number of likely N-dealkylation sites (tertiary alicyclic amines) is 1. The van der Waals surface area contributed by atoms with Gasteiger partial charge in [-0.25, -0.2) is 9.67 Å². The monoisotopic (exact) mass is 374 g/mol. The maximum absolute atomic E-state index is 10.3. The summed E-state index contributed by atoms with van der Waals surface area (Å²) in [4.78, 5) is 7.19. The number of hydrogen-bond donors (Lipinski definition) is 1. The summed E-state index contributed by atoms with van der Waals surface area (Å²) in [6.45, 7) is 4.02. The van der Waals surface area contributed by atoms with Crippen molar-refractivity contribution >= 4 is 12.2 Å². The maximum atomic E-state index is 10.3. The van der Waals surface area contributed by atoms with E-state index in [0.29, 0.717) is 17.2 Å². The summed E-state index contributed by atoms with van der Waals surface area (Å²) in [5, 5.41) is 15.0. The SMILES string of the molecule is Oc1ccccc1-c1nc(C=Cc2ccccc2)nn1CCN1CCCCC1. The highest BCUT2D eigenvalue weighted by atomic mass is 16.3. The van der Waals surface area contributed by atoms with E-state index < -0.39 is 0 Å². The first-order valence-electron chi connectivity index (χ1n) is 9.98. The summed E-state index contributed by atoms with van der Waals surface area (Å²) >= 11 is 0. The highest BCUT2D eigenvalue weighted by Crippen LogP contribution is 2.27. The molecule has 5 heteroatoms. The third kappa shape index (κ3) is 4.49. The van der Waals surface area contributed by atoms with Crippen LogP contribution in [0, 0.1) is 0 Å². The van der Waals surface area contributed by atoms with Gasteiger partial charge in [-0.15, -0.1) is 0 Å². The third-order valence-corrected chi connectivity index (χ3v) is 5.13. The van der Waals surface area contributed by atoms with Gasteiger partial charge in [-0.1, -0.05) is 55.0 Å².